The molecule has 0 saturated heterocycles. The van der Waals surface area contributed by atoms with Crippen molar-refractivity contribution in [3.8, 4) is 11.3 Å². The number of esters is 1. The highest BCUT2D eigenvalue weighted by Gasteiger charge is 2.16. The SMILES string of the molecule is CC(C)CCNC(=O)COC(=O)c1cc(-c2ccc(F)cc2)nc2ccccc12. The van der Waals surface area contributed by atoms with Crippen molar-refractivity contribution in [1.29, 1.82) is 0 Å². The largest absolute Gasteiger partial charge is 0.452 e. The van der Waals surface area contributed by atoms with Crippen LogP contribution in [0, 0.1) is 11.7 Å². The summed E-state index contributed by atoms with van der Waals surface area (Å²) >= 11 is 0. The first-order valence-corrected chi connectivity index (χ1v) is 9.53. The summed E-state index contributed by atoms with van der Waals surface area (Å²) in [5.74, 6) is -0.814. The van der Waals surface area contributed by atoms with E-state index in [4.69, 9.17) is 4.74 Å². The molecular weight excluding hydrogens is 371 g/mol. The molecule has 0 radical (unpaired) electrons. The molecule has 0 aliphatic carbocycles. The Morgan fingerprint density at radius 1 is 1.10 bits per heavy atom. The van der Waals surface area contributed by atoms with Crippen molar-refractivity contribution in [3.05, 3.63) is 66.0 Å². The molecule has 0 fully saturated rings. The van der Waals surface area contributed by atoms with Crippen LogP contribution in [0.2, 0.25) is 0 Å². The molecule has 1 N–H and O–H groups in total. The zero-order valence-corrected chi connectivity index (χ0v) is 16.4. The molecule has 0 aliphatic rings. The summed E-state index contributed by atoms with van der Waals surface area (Å²) < 4.78 is 18.5. The molecule has 0 spiro atoms. The average Bonchev–Trinajstić information content (AvgIpc) is 2.71. The zero-order valence-electron chi connectivity index (χ0n) is 16.4. The van der Waals surface area contributed by atoms with Crippen molar-refractivity contribution in [2.75, 3.05) is 13.2 Å². The second kappa shape index (κ2) is 9.28. The van der Waals surface area contributed by atoms with Crippen LogP contribution in [0.1, 0.15) is 30.6 Å². The number of halogens is 1. The van der Waals surface area contributed by atoms with Crippen molar-refractivity contribution in [2.24, 2.45) is 5.92 Å². The Morgan fingerprint density at radius 3 is 2.55 bits per heavy atom. The Hall–Kier alpha value is -3.28. The number of hydrogen-bond donors (Lipinski definition) is 1. The number of rotatable bonds is 7. The number of pyridine rings is 1. The fourth-order valence-corrected chi connectivity index (χ4v) is 2.87. The summed E-state index contributed by atoms with van der Waals surface area (Å²) in [4.78, 5) is 29.2. The maximum Gasteiger partial charge on any atom is 0.339 e. The lowest BCUT2D eigenvalue weighted by molar-refractivity contribution is -0.124. The van der Waals surface area contributed by atoms with E-state index in [0.717, 1.165) is 6.42 Å². The second-order valence-corrected chi connectivity index (χ2v) is 7.19. The highest BCUT2D eigenvalue weighted by Crippen LogP contribution is 2.25. The topological polar surface area (TPSA) is 68.3 Å². The van der Waals surface area contributed by atoms with Crippen LogP contribution in [0.15, 0.2) is 54.6 Å². The van der Waals surface area contributed by atoms with Gasteiger partial charge in [-0.15, -0.1) is 0 Å². The zero-order chi connectivity index (χ0) is 20.8. The predicted molar refractivity (Wildman–Crippen MR) is 110 cm³/mol. The first-order valence-electron chi connectivity index (χ1n) is 9.53. The van der Waals surface area contributed by atoms with Gasteiger partial charge in [0.1, 0.15) is 5.82 Å². The van der Waals surface area contributed by atoms with Gasteiger partial charge in [-0.2, -0.15) is 0 Å². The lowest BCUT2D eigenvalue weighted by Gasteiger charge is -2.11. The molecule has 0 aliphatic heterocycles. The Morgan fingerprint density at radius 2 is 1.83 bits per heavy atom. The molecule has 5 nitrogen and oxygen atoms in total. The fraction of sp³-hybridized carbons (Fsp3) is 0.261. The average molecular weight is 394 g/mol. The number of fused-ring (bicyclic) bond motifs is 1. The van der Waals surface area contributed by atoms with Crippen molar-refractivity contribution in [2.45, 2.75) is 20.3 Å². The Bertz CT molecular complexity index is 1020. The van der Waals surface area contributed by atoms with E-state index in [1.54, 1.807) is 36.4 Å². The van der Waals surface area contributed by atoms with E-state index in [1.807, 2.05) is 6.07 Å². The van der Waals surface area contributed by atoms with Crippen molar-refractivity contribution >= 4 is 22.8 Å². The van der Waals surface area contributed by atoms with Crippen LogP contribution in [-0.4, -0.2) is 30.0 Å². The van der Waals surface area contributed by atoms with E-state index in [9.17, 15) is 14.0 Å². The van der Waals surface area contributed by atoms with Crippen LogP contribution in [0.4, 0.5) is 4.39 Å². The van der Waals surface area contributed by atoms with Gasteiger partial charge in [0.2, 0.25) is 0 Å². The van der Waals surface area contributed by atoms with Crippen LogP contribution in [0.5, 0.6) is 0 Å². The number of benzene rings is 2. The van der Waals surface area contributed by atoms with Gasteiger partial charge in [0.25, 0.3) is 5.91 Å². The molecule has 0 atom stereocenters. The van der Waals surface area contributed by atoms with Gasteiger partial charge in [0.15, 0.2) is 6.61 Å². The van der Waals surface area contributed by atoms with Gasteiger partial charge in [0.05, 0.1) is 16.8 Å². The van der Waals surface area contributed by atoms with Gasteiger partial charge in [-0.25, -0.2) is 14.2 Å². The first kappa shape index (κ1) is 20.5. The standard InChI is InChI=1S/C23H23FN2O3/c1-15(2)11-12-25-22(27)14-29-23(28)19-13-21(16-7-9-17(24)10-8-16)26-20-6-4-3-5-18(19)20/h3-10,13,15H,11-12,14H2,1-2H3,(H,25,27). The van der Waals surface area contributed by atoms with Crippen molar-refractivity contribution in [3.63, 3.8) is 0 Å². The summed E-state index contributed by atoms with van der Waals surface area (Å²) in [6.45, 7) is 4.33. The van der Waals surface area contributed by atoms with E-state index < -0.39 is 5.97 Å². The number of hydrogen-bond acceptors (Lipinski definition) is 4. The smallest absolute Gasteiger partial charge is 0.339 e. The third kappa shape index (κ3) is 5.38. The maximum atomic E-state index is 13.2. The molecule has 2 aromatic carbocycles. The van der Waals surface area contributed by atoms with Gasteiger partial charge >= 0.3 is 5.97 Å². The number of nitrogens with zero attached hydrogens (tertiary/aromatic N) is 1. The van der Waals surface area contributed by atoms with Gasteiger partial charge in [0, 0.05) is 17.5 Å². The Labute approximate surface area is 168 Å². The van der Waals surface area contributed by atoms with Gasteiger partial charge < -0.3 is 10.1 Å². The summed E-state index contributed by atoms with van der Waals surface area (Å²) in [6.07, 6.45) is 0.857. The molecule has 3 aromatic rings. The van der Waals surface area contributed by atoms with E-state index in [0.29, 0.717) is 40.2 Å². The predicted octanol–water partition coefficient (Wildman–Crippen LogP) is 4.36. The quantitative estimate of drug-likeness (QED) is 0.605. The number of aromatic nitrogens is 1. The fourth-order valence-electron chi connectivity index (χ4n) is 2.87. The Balaban J connectivity index is 1.81. The summed E-state index contributed by atoms with van der Waals surface area (Å²) in [5, 5.41) is 3.36. The van der Waals surface area contributed by atoms with E-state index in [-0.39, 0.29) is 18.3 Å². The second-order valence-electron chi connectivity index (χ2n) is 7.19. The van der Waals surface area contributed by atoms with Gasteiger partial charge in [-0.3, -0.25) is 4.79 Å². The van der Waals surface area contributed by atoms with Crippen LogP contribution in [0.25, 0.3) is 22.2 Å². The molecule has 1 amide bonds. The minimum absolute atomic E-state index is 0.310. The summed E-state index contributed by atoms with van der Waals surface area (Å²) in [6, 6.07) is 14.7. The van der Waals surface area contributed by atoms with Crippen molar-refractivity contribution in [1.82, 2.24) is 10.3 Å². The maximum absolute atomic E-state index is 13.2. The third-order valence-electron chi connectivity index (χ3n) is 4.45. The van der Waals surface area contributed by atoms with Crippen molar-refractivity contribution < 1.29 is 18.7 Å². The minimum Gasteiger partial charge on any atom is -0.452 e. The molecule has 0 unspecified atom stereocenters. The van der Waals surface area contributed by atoms with Gasteiger partial charge in [-0.05, 0) is 48.7 Å². The number of para-hydroxylation sites is 1. The number of ether oxygens (including phenoxy) is 1. The molecular formula is C23H23FN2O3. The van der Waals surface area contributed by atoms with Crippen LogP contribution >= 0.6 is 0 Å². The van der Waals surface area contributed by atoms with E-state index in [1.165, 1.54) is 12.1 Å². The minimum atomic E-state index is -0.606. The molecule has 1 heterocycles. The molecule has 1 aromatic heterocycles. The third-order valence-corrected chi connectivity index (χ3v) is 4.45. The molecule has 3 rings (SSSR count). The number of carbonyl (C=O) groups excluding carboxylic acids is 2. The first-order chi connectivity index (χ1) is 13.9. The highest BCUT2D eigenvalue weighted by atomic mass is 19.1. The molecule has 6 heteroatoms. The number of carbonyl (C=O) groups is 2. The summed E-state index contributed by atoms with van der Waals surface area (Å²) in [7, 11) is 0. The van der Waals surface area contributed by atoms with E-state index in [2.05, 4.69) is 24.1 Å². The molecule has 29 heavy (non-hydrogen) atoms. The van der Waals surface area contributed by atoms with E-state index >= 15 is 0 Å². The number of nitrogens with one attached hydrogen (secondary N) is 1. The lowest BCUT2D eigenvalue weighted by atomic mass is 10.0. The monoisotopic (exact) mass is 394 g/mol. The molecule has 0 bridgehead atoms. The normalized spacial score (nSPS) is 10.9. The Kier molecular flexibility index (Phi) is 6.54. The molecule has 150 valence electrons. The highest BCUT2D eigenvalue weighted by molar-refractivity contribution is 6.05. The van der Waals surface area contributed by atoms with Crippen LogP contribution in [0.3, 0.4) is 0 Å². The molecule has 0 saturated carbocycles. The van der Waals surface area contributed by atoms with Gasteiger partial charge in [-0.1, -0.05) is 32.0 Å². The van der Waals surface area contributed by atoms with Crippen LogP contribution < -0.4 is 5.32 Å². The van der Waals surface area contributed by atoms with Crippen LogP contribution in [-0.2, 0) is 9.53 Å². The number of amides is 1. The lowest BCUT2D eigenvalue weighted by Crippen LogP contribution is -2.30. The summed E-state index contributed by atoms with van der Waals surface area (Å²) in [5.41, 5.74) is 2.13.